The lowest BCUT2D eigenvalue weighted by Crippen LogP contribution is -2.30. The molecule has 0 N–H and O–H groups in total. The van der Waals surface area contributed by atoms with E-state index in [1.54, 1.807) is 0 Å². The predicted molar refractivity (Wildman–Crippen MR) is 525 cm³/mol. The molecule has 0 fully saturated rings. The van der Waals surface area contributed by atoms with Gasteiger partial charge in [0, 0.05) is 72.5 Å². The van der Waals surface area contributed by atoms with Crippen LogP contribution in [0.4, 0.5) is 34.1 Å². The minimum atomic E-state index is -0.0718. The predicted octanol–water partition coefficient (Wildman–Crippen LogP) is 32.2. The molecule has 122 heavy (non-hydrogen) atoms. The first-order valence-corrected chi connectivity index (χ1v) is 43.0. The molecule has 0 saturated carbocycles. The molecule has 586 valence electrons. The van der Waals surface area contributed by atoms with Crippen LogP contribution in [0.2, 0.25) is 0 Å². The Kier molecular flexibility index (Phi) is 18.4. The monoisotopic (exact) mass is 1570 g/mol. The zero-order chi connectivity index (χ0) is 82.8. The largest absolute Gasteiger partial charge is 0.344 e. The molecule has 0 spiro atoms. The lowest BCUT2D eigenvalue weighted by Gasteiger charge is -2.40. The molecule has 20 aromatic rings. The Hall–Kier alpha value is -14.4. The van der Waals surface area contributed by atoms with E-state index in [1.165, 1.54) is 237 Å². The standard InChI is InChI=1S/C41H33N.C41H31N.C37H31N/c1-26-17-21-33-34(23-26)40(30-20-22-36-38(25-30)42(4)37-16-10-9-15-35(37)41(36,2)3)32-14-8-7-13-31(32)39(33)29-19-18-27-11-5-6-12-28(27)24-29;1-27-16-23-36-37(24-27)41(33-22-21-32-25-31-12-6-9-15-38(31)42(2)39(32)26-33)35-14-8-7-13-34(35)40(36)30-19-17-29(18-20-30)28-10-4-3-5-11-28;1-24-18-20-29-30(22-24)36(28-15-9-8-14-27(28)35(29)25-12-6-5-7-13-25)26-19-21-32-34(23-26)38(4)33-17-11-10-16-31(33)37(32,2)3/h5-25H,1-4H3;3-24,26H,25H2,1-2H3;5-23H,1-4H3. The molecule has 0 bridgehead atoms. The summed E-state index contributed by atoms with van der Waals surface area (Å²) >= 11 is 0. The number of aryl methyl sites for hydroxylation is 3. The Labute approximate surface area is 716 Å². The van der Waals surface area contributed by atoms with E-state index in [2.05, 4.69) is 466 Å². The molecule has 0 aliphatic carbocycles. The second-order valence-corrected chi connectivity index (χ2v) is 35.0. The fourth-order valence-electron chi connectivity index (χ4n) is 20.8. The van der Waals surface area contributed by atoms with Crippen LogP contribution in [0.5, 0.6) is 0 Å². The van der Waals surface area contributed by atoms with E-state index in [-0.39, 0.29) is 10.8 Å². The highest BCUT2D eigenvalue weighted by atomic mass is 15.1. The molecule has 0 unspecified atom stereocenters. The molecule has 0 amide bonds. The summed E-state index contributed by atoms with van der Waals surface area (Å²) in [5.74, 6) is 0. The topological polar surface area (TPSA) is 9.72 Å². The number of hydrogen-bond acceptors (Lipinski definition) is 3. The fourth-order valence-corrected chi connectivity index (χ4v) is 20.8. The number of nitrogens with zero attached hydrogens (tertiary/aromatic N) is 3. The Morgan fingerprint density at radius 2 is 0.475 bits per heavy atom. The Bertz CT molecular complexity index is 7610. The van der Waals surface area contributed by atoms with Crippen LogP contribution in [-0.4, -0.2) is 21.1 Å². The first-order valence-electron chi connectivity index (χ1n) is 43.0. The van der Waals surface area contributed by atoms with Gasteiger partial charge in [-0.05, 0) is 250 Å². The molecule has 3 heteroatoms. The molecule has 0 atom stereocenters. The van der Waals surface area contributed by atoms with Crippen LogP contribution >= 0.6 is 0 Å². The van der Waals surface area contributed by atoms with Gasteiger partial charge in [0.05, 0.1) is 0 Å². The smallest absolute Gasteiger partial charge is 0.0455 e. The van der Waals surface area contributed by atoms with Crippen LogP contribution in [0.25, 0.3) is 153 Å². The number of fused-ring (bicyclic) bond motifs is 13. The summed E-state index contributed by atoms with van der Waals surface area (Å²) in [6, 6.07) is 141. The maximum Gasteiger partial charge on any atom is 0.0455 e. The molecule has 3 heterocycles. The average molecular weight is 1570 g/mol. The highest BCUT2D eigenvalue weighted by molar-refractivity contribution is 6.25. The van der Waals surface area contributed by atoms with Gasteiger partial charge in [-0.2, -0.15) is 0 Å². The van der Waals surface area contributed by atoms with Gasteiger partial charge in [0.1, 0.15) is 0 Å². The Morgan fingerprint density at radius 1 is 0.189 bits per heavy atom. The molecule has 20 aromatic carbocycles. The number of para-hydroxylation sites is 3. The van der Waals surface area contributed by atoms with E-state index in [0.717, 1.165) is 6.42 Å². The summed E-state index contributed by atoms with van der Waals surface area (Å²) in [6.07, 6.45) is 0.967. The van der Waals surface area contributed by atoms with Crippen molar-refractivity contribution in [3.05, 3.63) is 432 Å². The summed E-state index contributed by atoms with van der Waals surface area (Å²) in [6.45, 7) is 16.0. The summed E-state index contributed by atoms with van der Waals surface area (Å²) < 4.78 is 0. The third-order valence-electron chi connectivity index (χ3n) is 26.9. The fraction of sp³-hybridized carbons (Fsp3) is 0.109. The lowest BCUT2D eigenvalue weighted by molar-refractivity contribution is 0.629. The van der Waals surface area contributed by atoms with Crippen molar-refractivity contribution in [2.45, 2.75) is 65.7 Å². The van der Waals surface area contributed by atoms with Gasteiger partial charge in [0.25, 0.3) is 0 Å². The zero-order valence-corrected chi connectivity index (χ0v) is 70.9. The van der Waals surface area contributed by atoms with Crippen molar-refractivity contribution >= 4 is 110 Å². The number of rotatable bonds is 7. The molecule has 3 aliphatic rings. The molecule has 0 radical (unpaired) electrons. The Balaban J connectivity index is 0.000000113. The first kappa shape index (κ1) is 75.1. The second kappa shape index (κ2) is 29.8. The molecule has 0 aromatic heterocycles. The van der Waals surface area contributed by atoms with Gasteiger partial charge >= 0.3 is 0 Å². The van der Waals surface area contributed by atoms with Gasteiger partial charge in [-0.25, -0.2) is 0 Å². The lowest BCUT2D eigenvalue weighted by atomic mass is 9.73. The van der Waals surface area contributed by atoms with Gasteiger partial charge in [-0.1, -0.05) is 384 Å². The number of anilines is 6. The summed E-state index contributed by atoms with van der Waals surface area (Å²) in [7, 11) is 6.61. The van der Waals surface area contributed by atoms with Crippen molar-refractivity contribution in [3.8, 4) is 77.9 Å². The Morgan fingerprint density at radius 3 is 0.943 bits per heavy atom. The molecule has 3 nitrogen and oxygen atoms in total. The van der Waals surface area contributed by atoms with Crippen LogP contribution in [0.3, 0.4) is 0 Å². The molecule has 3 aliphatic heterocycles. The van der Waals surface area contributed by atoms with Crippen molar-refractivity contribution in [1.82, 2.24) is 0 Å². The maximum atomic E-state index is 2.42. The van der Waals surface area contributed by atoms with Crippen molar-refractivity contribution < 1.29 is 0 Å². The third-order valence-corrected chi connectivity index (χ3v) is 26.9. The normalized spacial score (nSPS) is 13.4. The quantitative estimate of drug-likeness (QED) is 0.147. The van der Waals surface area contributed by atoms with Crippen LogP contribution in [0.1, 0.15) is 77.8 Å². The van der Waals surface area contributed by atoms with Crippen molar-refractivity contribution in [3.63, 3.8) is 0 Å². The average Bonchev–Trinajstić information content (AvgIpc) is 0.726. The van der Waals surface area contributed by atoms with E-state index < -0.39 is 0 Å². The van der Waals surface area contributed by atoms with E-state index in [1.807, 2.05) is 0 Å². The van der Waals surface area contributed by atoms with Crippen LogP contribution < -0.4 is 14.7 Å². The van der Waals surface area contributed by atoms with Gasteiger partial charge < -0.3 is 14.7 Å². The number of hydrogen-bond donors (Lipinski definition) is 0. The first-order chi connectivity index (χ1) is 59.5. The van der Waals surface area contributed by atoms with Gasteiger partial charge in [0.2, 0.25) is 0 Å². The molecular weight excluding hydrogens is 1470 g/mol. The SMILES string of the molecule is Cc1ccc2c(-c3ccc(-c4ccccc4)cc3)c3ccccc3c(-c3ccc4c(c3)N(C)c3ccccc3C4)c2c1.Cc1ccc2c(-c3ccc4ccccc4c3)c3ccccc3c(-c3ccc4c(c3)N(C)c3ccccc3C4(C)C)c2c1.Cc1ccc2c(-c3ccccc3)c3ccccc3c(-c3ccc4c(c3)N(C)c3ccccc3C4(C)C)c2c1. The maximum absolute atomic E-state index is 2.42. The summed E-state index contributed by atoms with van der Waals surface area (Å²) in [5.41, 5.74) is 37.5. The van der Waals surface area contributed by atoms with Gasteiger partial charge in [-0.15, -0.1) is 0 Å². The van der Waals surface area contributed by atoms with Crippen molar-refractivity contribution in [2.75, 3.05) is 35.8 Å². The van der Waals surface area contributed by atoms with E-state index in [4.69, 9.17) is 0 Å². The highest BCUT2D eigenvalue weighted by Crippen LogP contribution is 2.55. The minimum absolute atomic E-state index is 0.0607. The molecule has 23 rings (SSSR count). The van der Waals surface area contributed by atoms with Gasteiger partial charge in [0.15, 0.2) is 0 Å². The number of benzene rings is 20. The van der Waals surface area contributed by atoms with Crippen molar-refractivity contribution in [1.29, 1.82) is 0 Å². The van der Waals surface area contributed by atoms with E-state index in [9.17, 15) is 0 Å². The van der Waals surface area contributed by atoms with Gasteiger partial charge in [-0.3, -0.25) is 0 Å². The molecule has 0 saturated heterocycles. The van der Waals surface area contributed by atoms with Crippen LogP contribution in [0.15, 0.2) is 382 Å². The van der Waals surface area contributed by atoms with Crippen LogP contribution in [-0.2, 0) is 17.3 Å². The summed E-state index contributed by atoms with van der Waals surface area (Å²) in [5, 5.41) is 18.1. The van der Waals surface area contributed by atoms with E-state index in [0.29, 0.717) is 0 Å². The highest BCUT2D eigenvalue weighted by Gasteiger charge is 2.38. The zero-order valence-electron chi connectivity index (χ0n) is 70.9. The van der Waals surface area contributed by atoms with E-state index >= 15 is 0 Å². The second-order valence-electron chi connectivity index (χ2n) is 35.0. The van der Waals surface area contributed by atoms with Crippen LogP contribution in [0, 0.1) is 20.8 Å². The minimum Gasteiger partial charge on any atom is -0.344 e. The summed E-state index contributed by atoms with van der Waals surface area (Å²) in [4.78, 5) is 7.10. The molecular formula is C119H95N3. The van der Waals surface area contributed by atoms with Crippen molar-refractivity contribution in [2.24, 2.45) is 0 Å². The third kappa shape index (κ3) is 12.5.